The average Bonchev–Trinajstić information content (AvgIpc) is 3.22. The van der Waals surface area contributed by atoms with Crippen LogP contribution in [0.2, 0.25) is 0 Å². The Hall–Kier alpha value is -2.39. The van der Waals surface area contributed by atoms with Crippen LogP contribution in [0.3, 0.4) is 0 Å². The van der Waals surface area contributed by atoms with E-state index in [0.29, 0.717) is 28.9 Å². The summed E-state index contributed by atoms with van der Waals surface area (Å²) in [5.74, 6) is -0.585. The monoisotopic (exact) mass is 468 g/mol. The molecule has 0 saturated carbocycles. The number of hydrogen-bond acceptors (Lipinski definition) is 6. The lowest BCUT2D eigenvalue weighted by molar-refractivity contribution is -0.137. The third-order valence-corrected chi connectivity index (χ3v) is 5.31. The Balaban J connectivity index is 1.86. The van der Waals surface area contributed by atoms with E-state index in [1.54, 1.807) is 36.5 Å². The molecule has 150 valence electrons. The number of rotatable bonds is 9. The van der Waals surface area contributed by atoms with Crippen molar-refractivity contribution in [3.63, 3.8) is 0 Å². The molecule has 1 heterocycles. The maximum Gasteiger partial charge on any atom is 0.337 e. The maximum atomic E-state index is 12.4. The highest BCUT2D eigenvalue weighted by atomic mass is 79.9. The quantitative estimate of drug-likeness (QED) is 0.571. The molecule has 0 aliphatic heterocycles. The predicted molar refractivity (Wildman–Crippen MR) is 109 cm³/mol. The molecule has 0 fully saturated rings. The van der Waals surface area contributed by atoms with Gasteiger partial charge in [0.05, 0.1) is 30.2 Å². The fourth-order valence-electron chi connectivity index (χ4n) is 2.30. The number of esters is 1. The van der Waals surface area contributed by atoms with Crippen LogP contribution >= 0.6 is 27.3 Å². The van der Waals surface area contributed by atoms with Gasteiger partial charge in [-0.2, -0.15) is 0 Å². The van der Waals surface area contributed by atoms with Gasteiger partial charge in [0.25, 0.3) is 5.91 Å². The van der Waals surface area contributed by atoms with Crippen molar-refractivity contribution in [1.82, 2.24) is 10.2 Å². The van der Waals surface area contributed by atoms with Gasteiger partial charge >= 0.3 is 5.97 Å². The molecule has 1 aromatic carbocycles. The van der Waals surface area contributed by atoms with Crippen LogP contribution in [0.25, 0.3) is 0 Å². The van der Waals surface area contributed by atoms with E-state index in [2.05, 4.69) is 26.0 Å². The van der Waals surface area contributed by atoms with E-state index >= 15 is 0 Å². The minimum atomic E-state index is -0.464. The second kappa shape index (κ2) is 10.8. The number of benzene rings is 1. The first-order valence-electron chi connectivity index (χ1n) is 8.52. The number of likely N-dealkylation sites (N-methyl/N-ethyl adjacent to an activating group) is 1. The highest BCUT2D eigenvalue weighted by Gasteiger charge is 2.17. The number of ether oxygens (including phenoxy) is 2. The van der Waals surface area contributed by atoms with Crippen molar-refractivity contribution >= 4 is 45.1 Å². The summed E-state index contributed by atoms with van der Waals surface area (Å²) in [6.45, 7) is 2.37. The summed E-state index contributed by atoms with van der Waals surface area (Å²) in [4.78, 5) is 38.4. The van der Waals surface area contributed by atoms with Crippen LogP contribution in [-0.2, 0) is 20.9 Å². The van der Waals surface area contributed by atoms with Gasteiger partial charge in [0.2, 0.25) is 5.91 Å². The van der Waals surface area contributed by atoms with Crippen LogP contribution in [0.1, 0.15) is 22.2 Å². The van der Waals surface area contributed by atoms with Gasteiger partial charge in [-0.05, 0) is 52.5 Å². The molecule has 2 amide bonds. The molecular weight excluding hydrogens is 448 g/mol. The lowest BCUT2D eigenvalue weighted by atomic mass is 10.2. The van der Waals surface area contributed by atoms with Gasteiger partial charge in [-0.3, -0.25) is 9.59 Å². The highest BCUT2D eigenvalue weighted by molar-refractivity contribution is 9.10. The van der Waals surface area contributed by atoms with Gasteiger partial charge in [0, 0.05) is 11.4 Å². The van der Waals surface area contributed by atoms with Gasteiger partial charge in [-0.25, -0.2) is 4.79 Å². The summed E-state index contributed by atoms with van der Waals surface area (Å²) in [5.41, 5.74) is 0.366. The SMILES string of the molecule is CCN(CC(=O)NCc1cccs1)C(=O)COc1ccc(C(=O)OC)cc1Br. The second-order valence-electron chi connectivity index (χ2n) is 5.69. The molecule has 9 heteroatoms. The van der Waals surface area contributed by atoms with E-state index in [9.17, 15) is 14.4 Å². The highest BCUT2D eigenvalue weighted by Crippen LogP contribution is 2.26. The number of carbonyl (C=O) groups excluding carboxylic acids is 3. The fraction of sp³-hybridized carbons (Fsp3) is 0.316. The molecule has 2 rings (SSSR count). The summed E-state index contributed by atoms with van der Waals surface area (Å²) in [6.07, 6.45) is 0. The zero-order chi connectivity index (χ0) is 20.5. The van der Waals surface area contributed by atoms with Gasteiger partial charge in [-0.15, -0.1) is 11.3 Å². The van der Waals surface area contributed by atoms with Gasteiger partial charge < -0.3 is 19.7 Å². The molecule has 7 nitrogen and oxygen atoms in total. The van der Waals surface area contributed by atoms with E-state index in [-0.39, 0.29) is 25.0 Å². The van der Waals surface area contributed by atoms with Crippen molar-refractivity contribution < 1.29 is 23.9 Å². The molecule has 0 aliphatic carbocycles. The molecule has 0 aliphatic rings. The molecule has 2 aromatic rings. The van der Waals surface area contributed by atoms with Gasteiger partial charge in [0.15, 0.2) is 6.61 Å². The first kappa shape index (κ1) is 21.9. The Morgan fingerprint density at radius 1 is 1.25 bits per heavy atom. The molecule has 0 saturated heterocycles. The summed E-state index contributed by atoms with van der Waals surface area (Å²) in [7, 11) is 1.30. The summed E-state index contributed by atoms with van der Waals surface area (Å²) < 4.78 is 10.7. The number of nitrogens with one attached hydrogen (secondary N) is 1. The van der Waals surface area contributed by atoms with Crippen molar-refractivity contribution in [3.8, 4) is 5.75 Å². The standard InChI is InChI=1S/C19H21BrN2O5S/c1-3-22(11-17(23)21-10-14-5-4-8-28-14)18(24)12-27-16-7-6-13(9-15(16)20)19(25)26-2/h4-9H,3,10-12H2,1-2H3,(H,21,23). The van der Waals surface area contributed by atoms with E-state index in [0.717, 1.165) is 4.88 Å². The van der Waals surface area contributed by atoms with Crippen molar-refractivity contribution in [2.24, 2.45) is 0 Å². The third-order valence-electron chi connectivity index (χ3n) is 3.81. The Morgan fingerprint density at radius 3 is 2.64 bits per heavy atom. The van der Waals surface area contributed by atoms with E-state index in [1.165, 1.54) is 12.0 Å². The molecular formula is C19H21BrN2O5S. The first-order valence-corrected chi connectivity index (χ1v) is 10.2. The Kier molecular flexibility index (Phi) is 8.46. The lowest BCUT2D eigenvalue weighted by Gasteiger charge is -2.20. The fourth-order valence-corrected chi connectivity index (χ4v) is 3.44. The van der Waals surface area contributed by atoms with E-state index in [4.69, 9.17) is 4.74 Å². The molecule has 1 N–H and O–H groups in total. The first-order chi connectivity index (χ1) is 13.4. The van der Waals surface area contributed by atoms with Crippen molar-refractivity contribution in [3.05, 3.63) is 50.6 Å². The zero-order valence-electron chi connectivity index (χ0n) is 15.6. The smallest absolute Gasteiger partial charge is 0.337 e. The van der Waals surface area contributed by atoms with Crippen molar-refractivity contribution in [1.29, 1.82) is 0 Å². The Morgan fingerprint density at radius 2 is 2.04 bits per heavy atom. The largest absolute Gasteiger partial charge is 0.483 e. The van der Waals surface area contributed by atoms with Crippen LogP contribution in [0, 0.1) is 0 Å². The van der Waals surface area contributed by atoms with Crippen molar-refractivity contribution in [2.45, 2.75) is 13.5 Å². The number of halogens is 1. The summed E-state index contributed by atoms with van der Waals surface area (Å²) in [5, 5.41) is 4.74. The summed E-state index contributed by atoms with van der Waals surface area (Å²) in [6, 6.07) is 8.53. The van der Waals surface area contributed by atoms with Gasteiger partial charge in [-0.1, -0.05) is 6.07 Å². The molecule has 0 spiro atoms. The van der Waals surface area contributed by atoms with Crippen LogP contribution in [0.15, 0.2) is 40.2 Å². The third kappa shape index (κ3) is 6.35. The molecule has 1 aromatic heterocycles. The molecule has 0 atom stereocenters. The second-order valence-corrected chi connectivity index (χ2v) is 7.58. The number of carbonyl (C=O) groups is 3. The Labute approximate surface area is 175 Å². The van der Waals surface area contributed by atoms with Crippen LogP contribution in [-0.4, -0.2) is 49.5 Å². The number of hydrogen-bond donors (Lipinski definition) is 1. The van der Waals surface area contributed by atoms with Crippen LogP contribution in [0.4, 0.5) is 0 Å². The average molecular weight is 469 g/mol. The zero-order valence-corrected chi connectivity index (χ0v) is 18.0. The predicted octanol–water partition coefficient (Wildman–Crippen LogP) is 2.84. The van der Waals surface area contributed by atoms with E-state index in [1.807, 2.05) is 17.5 Å². The number of amides is 2. The number of nitrogens with zero attached hydrogens (tertiary/aromatic N) is 1. The lowest BCUT2D eigenvalue weighted by Crippen LogP contribution is -2.42. The van der Waals surface area contributed by atoms with Crippen LogP contribution < -0.4 is 10.1 Å². The minimum absolute atomic E-state index is 0.0352. The van der Waals surface area contributed by atoms with E-state index < -0.39 is 5.97 Å². The Bertz CT molecular complexity index is 826. The number of methoxy groups -OCH3 is 1. The normalized spacial score (nSPS) is 10.2. The number of thiophene rings is 1. The molecule has 0 unspecified atom stereocenters. The maximum absolute atomic E-state index is 12.4. The minimum Gasteiger partial charge on any atom is -0.483 e. The molecule has 0 radical (unpaired) electrons. The molecule has 0 bridgehead atoms. The van der Waals surface area contributed by atoms with Crippen LogP contribution in [0.5, 0.6) is 5.75 Å². The van der Waals surface area contributed by atoms with Gasteiger partial charge in [0.1, 0.15) is 5.75 Å². The summed E-state index contributed by atoms with van der Waals surface area (Å²) >= 11 is 4.87. The van der Waals surface area contributed by atoms with Crippen molar-refractivity contribution in [2.75, 3.05) is 26.8 Å². The molecule has 28 heavy (non-hydrogen) atoms. The topological polar surface area (TPSA) is 84.9 Å².